The van der Waals surface area contributed by atoms with Gasteiger partial charge in [0.1, 0.15) is 5.82 Å². The number of benzene rings is 1. The summed E-state index contributed by atoms with van der Waals surface area (Å²) in [6.45, 7) is 6.41. The minimum absolute atomic E-state index is 0.639. The van der Waals surface area contributed by atoms with Gasteiger partial charge in [-0.15, -0.1) is 0 Å². The largest absolute Gasteiger partial charge is 0.367 e. The molecule has 1 aromatic carbocycles. The van der Waals surface area contributed by atoms with Crippen molar-refractivity contribution in [3.8, 4) is 0 Å². The first kappa shape index (κ1) is 13.4. The Morgan fingerprint density at radius 2 is 2.05 bits per heavy atom. The van der Waals surface area contributed by atoms with Crippen molar-refractivity contribution in [2.45, 2.75) is 39.3 Å². The number of hydrogen-bond donors (Lipinski definition) is 2. The molecule has 0 spiro atoms. The van der Waals surface area contributed by atoms with Crippen LogP contribution >= 0.6 is 0 Å². The van der Waals surface area contributed by atoms with Crippen molar-refractivity contribution in [3.05, 3.63) is 35.9 Å². The molecule has 3 heteroatoms. The molecule has 3 rings (SSSR count). The summed E-state index contributed by atoms with van der Waals surface area (Å²) in [6.07, 6.45) is 2.55. The number of nitrogens with zero attached hydrogens (tertiary/aromatic N) is 1. The first-order chi connectivity index (χ1) is 9.72. The van der Waals surface area contributed by atoms with Crippen molar-refractivity contribution in [3.63, 3.8) is 0 Å². The van der Waals surface area contributed by atoms with Gasteiger partial charge in [0.05, 0.1) is 5.52 Å². The van der Waals surface area contributed by atoms with Crippen LogP contribution in [0.5, 0.6) is 0 Å². The summed E-state index contributed by atoms with van der Waals surface area (Å²) >= 11 is 0. The molecule has 1 aliphatic carbocycles. The Balaban J connectivity index is 1.85. The van der Waals surface area contributed by atoms with E-state index in [2.05, 4.69) is 54.8 Å². The number of nitrogens with one attached hydrogen (secondary N) is 2. The van der Waals surface area contributed by atoms with Gasteiger partial charge in [0.25, 0.3) is 0 Å². The summed E-state index contributed by atoms with van der Waals surface area (Å²) in [5, 5.41) is 8.30. The van der Waals surface area contributed by atoms with Gasteiger partial charge in [-0.1, -0.05) is 32.0 Å². The van der Waals surface area contributed by atoms with Crippen molar-refractivity contribution >= 4 is 16.7 Å². The second-order valence-electron chi connectivity index (χ2n) is 6.13. The minimum Gasteiger partial charge on any atom is -0.367 e. The second kappa shape index (κ2) is 5.80. The fraction of sp³-hybridized carbons (Fsp3) is 0.471. The van der Waals surface area contributed by atoms with Crippen LogP contribution in [-0.4, -0.2) is 17.6 Å². The van der Waals surface area contributed by atoms with Gasteiger partial charge in [-0.05, 0) is 43.0 Å². The normalized spacial score (nSPS) is 14.9. The average molecular weight is 269 g/mol. The molecule has 0 saturated heterocycles. The molecule has 1 aliphatic rings. The van der Waals surface area contributed by atoms with E-state index in [4.69, 9.17) is 4.98 Å². The van der Waals surface area contributed by atoms with Crippen molar-refractivity contribution in [1.82, 2.24) is 10.3 Å². The third kappa shape index (κ3) is 3.28. The number of hydrogen-bond acceptors (Lipinski definition) is 3. The van der Waals surface area contributed by atoms with Gasteiger partial charge in [-0.25, -0.2) is 4.98 Å². The number of para-hydroxylation sites is 1. The predicted molar refractivity (Wildman–Crippen MR) is 84.9 cm³/mol. The van der Waals surface area contributed by atoms with E-state index in [9.17, 15) is 0 Å². The topological polar surface area (TPSA) is 37.0 Å². The quantitative estimate of drug-likeness (QED) is 0.842. The molecule has 1 saturated carbocycles. The molecule has 1 aromatic heterocycles. The molecule has 0 radical (unpaired) electrons. The van der Waals surface area contributed by atoms with E-state index >= 15 is 0 Å². The number of rotatable bonds is 6. The van der Waals surface area contributed by atoms with Gasteiger partial charge in [0, 0.05) is 18.0 Å². The molecule has 1 fully saturated rings. The monoisotopic (exact) mass is 269 g/mol. The zero-order valence-electron chi connectivity index (χ0n) is 12.3. The molecule has 2 N–H and O–H groups in total. The van der Waals surface area contributed by atoms with Gasteiger partial charge in [-0.3, -0.25) is 0 Å². The van der Waals surface area contributed by atoms with Crippen LogP contribution in [0.25, 0.3) is 10.9 Å². The molecule has 3 nitrogen and oxygen atoms in total. The molecule has 2 aromatic rings. The van der Waals surface area contributed by atoms with Crippen LogP contribution in [0.3, 0.4) is 0 Å². The standard InChI is InChI=1S/C17H23N3/c1-12(2)10-18-11-13-9-17(19-14-7-8-14)20-16-6-4-3-5-15(13)16/h3-6,9,12,14,18H,7-8,10-11H2,1-2H3,(H,19,20). The SMILES string of the molecule is CC(C)CNCc1cc(NC2CC2)nc2ccccc12. The Labute approximate surface area is 120 Å². The van der Waals surface area contributed by atoms with Crippen LogP contribution < -0.4 is 10.6 Å². The summed E-state index contributed by atoms with van der Waals surface area (Å²) < 4.78 is 0. The van der Waals surface area contributed by atoms with Crippen LogP contribution in [0.1, 0.15) is 32.3 Å². The fourth-order valence-electron chi connectivity index (χ4n) is 2.40. The first-order valence-electron chi connectivity index (χ1n) is 7.58. The zero-order valence-corrected chi connectivity index (χ0v) is 12.3. The molecule has 0 atom stereocenters. The summed E-state index contributed by atoms with van der Waals surface area (Å²) in [6, 6.07) is 11.2. The lowest BCUT2D eigenvalue weighted by Gasteiger charge is -2.12. The lowest BCUT2D eigenvalue weighted by molar-refractivity contribution is 0.553. The Hall–Kier alpha value is -1.61. The first-order valence-corrected chi connectivity index (χ1v) is 7.58. The zero-order chi connectivity index (χ0) is 13.9. The van der Waals surface area contributed by atoms with E-state index in [-0.39, 0.29) is 0 Å². The molecule has 1 heterocycles. The van der Waals surface area contributed by atoms with Crippen molar-refractivity contribution < 1.29 is 0 Å². The number of anilines is 1. The van der Waals surface area contributed by atoms with E-state index < -0.39 is 0 Å². The molecule has 0 amide bonds. The van der Waals surface area contributed by atoms with Crippen LogP contribution in [-0.2, 0) is 6.54 Å². The predicted octanol–water partition coefficient (Wildman–Crippen LogP) is 3.55. The molecular weight excluding hydrogens is 246 g/mol. The maximum Gasteiger partial charge on any atom is 0.127 e. The van der Waals surface area contributed by atoms with Gasteiger partial charge < -0.3 is 10.6 Å². The van der Waals surface area contributed by atoms with Gasteiger partial charge in [-0.2, -0.15) is 0 Å². The Morgan fingerprint density at radius 3 is 2.80 bits per heavy atom. The average Bonchev–Trinajstić information content (AvgIpc) is 3.22. The molecule has 0 bridgehead atoms. The molecule has 106 valence electrons. The fourth-order valence-corrected chi connectivity index (χ4v) is 2.40. The van der Waals surface area contributed by atoms with E-state index in [0.29, 0.717) is 12.0 Å². The van der Waals surface area contributed by atoms with Crippen molar-refractivity contribution in [2.75, 3.05) is 11.9 Å². The third-order valence-corrected chi connectivity index (χ3v) is 3.60. The maximum absolute atomic E-state index is 4.72. The lowest BCUT2D eigenvalue weighted by Crippen LogP contribution is -2.19. The number of aromatic nitrogens is 1. The summed E-state index contributed by atoms with van der Waals surface area (Å²) in [5.41, 5.74) is 2.42. The minimum atomic E-state index is 0.639. The highest BCUT2D eigenvalue weighted by atomic mass is 15.0. The Morgan fingerprint density at radius 1 is 1.25 bits per heavy atom. The number of pyridine rings is 1. The van der Waals surface area contributed by atoms with E-state index in [1.807, 2.05) is 0 Å². The van der Waals surface area contributed by atoms with Gasteiger partial charge >= 0.3 is 0 Å². The molecule has 20 heavy (non-hydrogen) atoms. The molecular formula is C17H23N3. The number of fused-ring (bicyclic) bond motifs is 1. The van der Waals surface area contributed by atoms with E-state index in [1.54, 1.807) is 0 Å². The van der Waals surface area contributed by atoms with E-state index in [1.165, 1.54) is 23.8 Å². The summed E-state index contributed by atoms with van der Waals surface area (Å²) in [5.74, 6) is 1.69. The molecule has 0 unspecified atom stereocenters. The maximum atomic E-state index is 4.72. The van der Waals surface area contributed by atoms with Crippen LogP contribution in [0.15, 0.2) is 30.3 Å². The summed E-state index contributed by atoms with van der Waals surface area (Å²) in [4.78, 5) is 4.72. The second-order valence-corrected chi connectivity index (χ2v) is 6.13. The van der Waals surface area contributed by atoms with E-state index in [0.717, 1.165) is 24.4 Å². The smallest absolute Gasteiger partial charge is 0.127 e. The highest BCUT2D eigenvalue weighted by molar-refractivity contribution is 5.84. The Bertz CT molecular complexity index is 588. The van der Waals surface area contributed by atoms with Crippen molar-refractivity contribution in [2.24, 2.45) is 5.92 Å². The third-order valence-electron chi connectivity index (χ3n) is 3.60. The van der Waals surface area contributed by atoms with Gasteiger partial charge in [0.2, 0.25) is 0 Å². The molecule has 0 aliphatic heterocycles. The summed E-state index contributed by atoms with van der Waals surface area (Å²) in [7, 11) is 0. The van der Waals surface area contributed by atoms with Crippen LogP contribution in [0.4, 0.5) is 5.82 Å². The van der Waals surface area contributed by atoms with Crippen LogP contribution in [0.2, 0.25) is 0 Å². The van der Waals surface area contributed by atoms with Gasteiger partial charge in [0.15, 0.2) is 0 Å². The van der Waals surface area contributed by atoms with Crippen LogP contribution in [0, 0.1) is 5.92 Å². The Kier molecular flexibility index (Phi) is 3.88. The lowest BCUT2D eigenvalue weighted by atomic mass is 10.1. The highest BCUT2D eigenvalue weighted by Gasteiger charge is 2.21. The van der Waals surface area contributed by atoms with Crippen molar-refractivity contribution in [1.29, 1.82) is 0 Å². The highest BCUT2D eigenvalue weighted by Crippen LogP contribution is 2.26.